The van der Waals surface area contributed by atoms with Crippen LogP contribution >= 0.6 is 11.8 Å². The summed E-state index contributed by atoms with van der Waals surface area (Å²) in [6, 6.07) is 9.41. The number of hydrogen-bond acceptors (Lipinski definition) is 4. The summed E-state index contributed by atoms with van der Waals surface area (Å²) in [5.41, 5.74) is 1.83. The molecule has 0 amide bonds. The van der Waals surface area contributed by atoms with E-state index in [1.165, 1.54) is 11.8 Å². The van der Waals surface area contributed by atoms with E-state index in [1.54, 1.807) is 6.92 Å². The minimum atomic E-state index is -2.47. The lowest BCUT2D eigenvalue weighted by Gasteiger charge is -2.08. The number of benzene rings is 1. The van der Waals surface area contributed by atoms with Crippen molar-refractivity contribution in [1.82, 2.24) is 9.97 Å². The number of nitrogens with one attached hydrogen (secondary N) is 1. The molecule has 0 aliphatic heterocycles. The number of alkyl halides is 2. The first-order valence-corrected chi connectivity index (χ1v) is 7.71. The Morgan fingerprint density at radius 2 is 2.05 bits per heavy atom. The van der Waals surface area contributed by atoms with Gasteiger partial charge in [0.1, 0.15) is 6.61 Å². The van der Waals surface area contributed by atoms with Gasteiger partial charge in [-0.2, -0.15) is 0 Å². The standard InChI is InChI=1S/C15H16F2N2O2S/c1-10-13(11-5-3-2-4-6-11)18-15(19-14(10)20)22-8-7-21-9-12(16)17/h2-6,12H,7-9H2,1H3,(H,18,19,20). The Balaban J connectivity index is 2.07. The molecule has 4 nitrogen and oxygen atoms in total. The highest BCUT2D eigenvalue weighted by molar-refractivity contribution is 7.99. The van der Waals surface area contributed by atoms with Gasteiger partial charge in [-0.05, 0) is 6.92 Å². The molecule has 0 saturated heterocycles. The van der Waals surface area contributed by atoms with Crippen LogP contribution in [0.25, 0.3) is 11.3 Å². The Labute approximate surface area is 130 Å². The Kier molecular flexibility index (Phi) is 6.09. The van der Waals surface area contributed by atoms with Crippen molar-refractivity contribution in [2.75, 3.05) is 19.0 Å². The fourth-order valence-electron chi connectivity index (χ4n) is 1.83. The number of H-pyrrole nitrogens is 1. The Morgan fingerprint density at radius 1 is 1.32 bits per heavy atom. The van der Waals surface area contributed by atoms with Crippen molar-refractivity contribution in [2.45, 2.75) is 18.5 Å². The van der Waals surface area contributed by atoms with Crippen LogP contribution in [0.3, 0.4) is 0 Å². The molecule has 0 unspecified atom stereocenters. The lowest BCUT2D eigenvalue weighted by atomic mass is 10.1. The first-order valence-electron chi connectivity index (χ1n) is 6.73. The lowest BCUT2D eigenvalue weighted by molar-refractivity contribution is 0.0237. The maximum atomic E-state index is 12.0. The smallest absolute Gasteiger partial charge is 0.261 e. The molecular formula is C15H16F2N2O2S. The SMILES string of the molecule is Cc1c(-c2ccccc2)nc(SCCOCC(F)F)[nH]c1=O. The summed E-state index contributed by atoms with van der Waals surface area (Å²) in [5, 5.41) is 0.454. The molecule has 0 radical (unpaired) electrons. The first kappa shape index (κ1) is 16.6. The largest absolute Gasteiger partial charge is 0.375 e. The van der Waals surface area contributed by atoms with Gasteiger partial charge in [-0.25, -0.2) is 13.8 Å². The van der Waals surface area contributed by atoms with Crippen molar-refractivity contribution in [3.05, 3.63) is 46.2 Å². The van der Waals surface area contributed by atoms with Crippen LogP contribution in [-0.2, 0) is 4.74 Å². The predicted molar refractivity (Wildman–Crippen MR) is 82.6 cm³/mol. The highest BCUT2D eigenvalue weighted by Crippen LogP contribution is 2.21. The average molecular weight is 326 g/mol. The van der Waals surface area contributed by atoms with Crippen molar-refractivity contribution in [2.24, 2.45) is 0 Å². The fourth-order valence-corrected chi connectivity index (χ4v) is 2.54. The number of thioether (sulfide) groups is 1. The summed E-state index contributed by atoms with van der Waals surface area (Å²) in [7, 11) is 0. The minimum absolute atomic E-state index is 0.174. The van der Waals surface area contributed by atoms with Gasteiger partial charge in [0.25, 0.3) is 12.0 Å². The Bertz CT molecular complexity index is 662. The lowest BCUT2D eigenvalue weighted by Crippen LogP contribution is -2.14. The second-order valence-electron chi connectivity index (χ2n) is 4.53. The van der Waals surface area contributed by atoms with Gasteiger partial charge in [0.2, 0.25) is 0 Å². The van der Waals surface area contributed by atoms with E-state index >= 15 is 0 Å². The highest BCUT2D eigenvalue weighted by atomic mass is 32.2. The molecule has 1 aromatic heterocycles. The molecule has 0 bridgehead atoms. The van der Waals surface area contributed by atoms with E-state index < -0.39 is 13.0 Å². The quantitative estimate of drug-likeness (QED) is 0.482. The number of aromatic nitrogens is 2. The molecule has 2 rings (SSSR count). The molecule has 0 fully saturated rings. The first-order chi connectivity index (χ1) is 10.6. The predicted octanol–water partition coefficient (Wildman–Crippen LogP) is 3.12. The fraction of sp³-hybridized carbons (Fsp3) is 0.333. The highest BCUT2D eigenvalue weighted by Gasteiger charge is 2.10. The molecule has 1 aromatic carbocycles. The molecule has 2 aromatic rings. The summed E-state index contributed by atoms with van der Waals surface area (Å²) in [4.78, 5) is 19.1. The van der Waals surface area contributed by atoms with Gasteiger partial charge in [-0.1, -0.05) is 42.1 Å². The van der Waals surface area contributed by atoms with E-state index in [2.05, 4.69) is 9.97 Å². The van der Waals surface area contributed by atoms with Crippen molar-refractivity contribution in [1.29, 1.82) is 0 Å². The zero-order valence-electron chi connectivity index (χ0n) is 12.0. The molecule has 118 valence electrons. The van der Waals surface area contributed by atoms with Gasteiger partial charge < -0.3 is 9.72 Å². The van der Waals surface area contributed by atoms with E-state index in [4.69, 9.17) is 4.74 Å². The van der Waals surface area contributed by atoms with Crippen LogP contribution in [0.1, 0.15) is 5.56 Å². The van der Waals surface area contributed by atoms with E-state index in [1.807, 2.05) is 30.3 Å². The summed E-state index contributed by atoms with van der Waals surface area (Å²) < 4.78 is 28.7. The van der Waals surface area contributed by atoms with Gasteiger partial charge in [0, 0.05) is 16.9 Å². The van der Waals surface area contributed by atoms with E-state index in [0.29, 0.717) is 22.2 Å². The van der Waals surface area contributed by atoms with Crippen LogP contribution in [0.15, 0.2) is 40.3 Å². The Hall–Kier alpha value is -1.73. The van der Waals surface area contributed by atoms with E-state index in [-0.39, 0.29) is 12.2 Å². The van der Waals surface area contributed by atoms with Crippen LogP contribution in [0.5, 0.6) is 0 Å². The normalized spacial score (nSPS) is 11.1. The second-order valence-corrected chi connectivity index (χ2v) is 5.61. The molecule has 22 heavy (non-hydrogen) atoms. The molecule has 0 aliphatic carbocycles. The van der Waals surface area contributed by atoms with Crippen LogP contribution in [0, 0.1) is 6.92 Å². The van der Waals surface area contributed by atoms with Gasteiger partial charge in [0.15, 0.2) is 5.16 Å². The van der Waals surface area contributed by atoms with Crippen LogP contribution < -0.4 is 5.56 Å². The number of ether oxygens (including phenoxy) is 1. The number of nitrogens with zero attached hydrogens (tertiary/aromatic N) is 1. The monoisotopic (exact) mass is 326 g/mol. The zero-order valence-corrected chi connectivity index (χ0v) is 12.8. The van der Waals surface area contributed by atoms with Gasteiger partial charge >= 0.3 is 0 Å². The van der Waals surface area contributed by atoms with Crippen molar-refractivity contribution >= 4 is 11.8 Å². The van der Waals surface area contributed by atoms with E-state index in [0.717, 1.165) is 5.56 Å². The maximum absolute atomic E-state index is 12.0. The summed E-state index contributed by atoms with van der Waals surface area (Å²) in [6.45, 7) is 1.31. The Morgan fingerprint density at radius 3 is 2.73 bits per heavy atom. The molecule has 0 spiro atoms. The average Bonchev–Trinajstić information content (AvgIpc) is 2.50. The molecule has 1 heterocycles. The third-order valence-corrected chi connectivity index (χ3v) is 3.72. The molecule has 1 N–H and O–H groups in total. The number of hydrogen-bond donors (Lipinski definition) is 1. The van der Waals surface area contributed by atoms with Crippen LogP contribution in [-0.4, -0.2) is 35.4 Å². The van der Waals surface area contributed by atoms with Gasteiger partial charge in [0.05, 0.1) is 12.3 Å². The van der Waals surface area contributed by atoms with E-state index in [9.17, 15) is 13.6 Å². The molecule has 0 atom stereocenters. The second kappa shape index (κ2) is 8.05. The number of rotatable bonds is 7. The van der Waals surface area contributed by atoms with Gasteiger partial charge in [-0.15, -0.1) is 0 Å². The van der Waals surface area contributed by atoms with Crippen molar-refractivity contribution in [3.63, 3.8) is 0 Å². The molecule has 0 aliphatic rings. The molecule has 0 saturated carbocycles. The molecular weight excluding hydrogens is 310 g/mol. The third kappa shape index (κ3) is 4.64. The number of halogens is 2. The third-order valence-electron chi connectivity index (χ3n) is 2.89. The van der Waals surface area contributed by atoms with Gasteiger partial charge in [-0.3, -0.25) is 4.79 Å². The summed E-state index contributed by atoms with van der Waals surface area (Å²) >= 11 is 1.27. The topological polar surface area (TPSA) is 55.0 Å². The molecule has 7 heteroatoms. The zero-order chi connectivity index (χ0) is 15.9. The summed E-state index contributed by atoms with van der Waals surface area (Å²) in [5.74, 6) is 0.437. The maximum Gasteiger partial charge on any atom is 0.261 e. The van der Waals surface area contributed by atoms with Crippen molar-refractivity contribution < 1.29 is 13.5 Å². The summed E-state index contributed by atoms with van der Waals surface area (Å²) in [6.07, 6.45) is -2.47. The minimum Gasteiger partial charge on any atom is -0.375 e. The van der Waals surface area contributed by atoms with Crippen LogP contribution in [0.2, 0.25) is 0 Å². The van der Waals surface area contributed by atoms with Crippen molar-refractivity contribution in [3.8, 4) is 11.3 Å². The number of aromatic amines is 1. The van der Waals surface area contributed by atoms with Crippen LogP contribution in [0.4, 0.5) is 8.78 Å².